The third kappa shape index (κ3) is 4.41. The predicted octanol–water partition coefficient (Wildman–Crippen LogP) is 3.62. The van der Waals surface area contributed by atoms with Crippen LogP contribution in [0.25, 0.3) is 0 Å². The van der Waals surface area contributed by atoms with Gasteiger partial charge in [0.15, 0.2) is 0 Å². The van der Waals surface area contributed by atoms with E-state index >= 15 is 0 Å². The van der Waals surface area contributed by atoms with Crippen molar-refractivity contribution >= 4 is 17.3 Å². The smallest absolute Gasteiger partial charge is 0.203 e. The molecule has 2 aromatic carbocycles. The molecule has 0 amide bonds. The van der Waals surface area contributed by atoms with Crippen molar-refractivity contribution in [2.45, 2.75) is 27.4 Å². The van der Waals surface area contributed by atoms with E-state index in [0.29, 0.717) is 17.5 Å². The van der Waals surface area contributed by atoms with Gasteiger partial charge in [0.2, 0.25) is 5.16 Å². The summed E-state index contributed by atoms with van der Waals surface area (Å²) >= 11 is 6.11. The molecule has 0 aliphatic heterocycles. The summed E-state index contributed by atoms with van der Waals surface area (Å²) in [6.07, 6.45) is 0. The summed E-state index contributed by atoms with van der Waals surface area (Å²) in [5, 5.41) is 20.7. The molecule has 0 aliphatic carbocycles. The summed E-state index contributed by atoms with van der Waals surface area (Å²) in [5.41, 5.74) is 4.43. The minimum absolute atomic E-state index is 0.268. The van der Waals surface area contributed by atoms with Crippen molar-refractivity contribution in [3.63, 3.8) is 0 Å². The molecule has 0 atom stereocenters. The largest absolute Gasteiger partial charge is 0.507 e. The number of rotatable bonds is 6. The van der Waals surface area contributed by atoms with E-state index < -0.39 is 0 Å². The fourth-order valence-electron chi connectivity index (χ4n) is 2.51. The van der Waals surface area contributed by atoms with Gasteiger partial charge < -0.3 is 15.2 Å². The number of para-hydroxylation sites is 1. The fourth-order valence-corrected chi connectivity index (χ4v) is 2.61. The highest BCUT2D eigenvalue weighted by Crippen LogP contribution is 2.26. The Balaban J connectivity index is 2.17. The predicted molar refractivity (Wildman–Crippen MR) is 102 cm³/mol. The topological polar surface area (TPSA) is 69.9 Å². The molecule has 2 aromatic rings. The highest BCUT2D eigenvalue weighted by molar-refractivity contribution is 6.31. The average Bonchev–Trinajstić information content (AvgIpc) is 2.61. The molecular formula is C20H24ClN2O2+. The van der Waals surface area contributed by atoms with Crippen LogP contribution in [0.2, 0.25) is 0 Å². The Bertz CT molecular complexity index is 828. The molecule has 25 heavy (non-hydrogen) atoms. The van der Waals surface area contributed by atoms with E-state index in [1.54, 1.807) is 5.32 Å². The van der Waals surface area contributed by atoms with Crippen LogP contribution >= 0.6 is 11.6 Å². The minimum atomic E-state index is 0.268. The standard InChI is InChI=1S/C20H23ClN2O2/c1-12-6-5-7-16(19(12)24)11-25-17-9-8-15(10-13(17)2)18(22)14(3)20(21)23-4/h5-10,22-24H,11H2,1-4H3/p+1. The van der Waals surface area contributed by atoms with Crippen LogP contribution in [0, 0.1) is 19.3 Å². The van der Waals surface area contributed by atoms with E-state index in [1.165, 1.54) is 0 Å². The molecule has 0 bridgehead atoms. The van der Waals surface area contributed by atoms with Crippen LogP contribution in [0.15, 0.2) is 47.1 Å². The summed E-state index contributed by atoms with van der Waals surface area (Å²) in [6, 6.07) is 11.2. The molecule has 0 saturated carbocycles. The zero-order valence-electron chi connectivity index (χ0n) is 15.0. The first-order valence-electron chi connectivity index (χ1n) is 8.11. The Labute approximate surface area is 153 Å². The average molecular weight is 360 g/mol. The van der Waals surface area contributed by atoms with Gasteiger partial charge in [-0.3, -0.25) is 5.41 Å². The second-order valence-corrected chi connectivity index (χ2v) is 6.40. The van der Waals surface area contributed by atoms with Gasteiger partial charge >= 0.3 is 0 Å². The minimum Gasteiger partial charge on any atom is -0.507 e. The van der Waals surface area contributed by atoms with Gasteiger partial charge in [0.1, 0.15) is 18.1 Å². The van der Waals surface area contributed by atoms with Crippen molar-refractivity contribution in [3.05, 3.63) is 69.4 Å². The number of allylic oxidation sites excluding steroid dienone is 1. The van der Waals surface area contributed by atoms with Gasteiger partial charge in [0.25, 0.3) is 0 Å². The summed E-state index contributed by atoms with van der Waals surface area (Å²) in [7, 11) is 1.85. The maximum Gasteiger partial charge on any atom is 0.203 e. The highest BCUT2D eigenvalue weighted by Gasteiger charge is 2.12. The zero-order valence-corrected chi connectivity index (χ0v) is 15.7. The lowest BCUT2D eigenvalue weighted by Gasteiger charge is -2.13. The molecule has 0 saturated heterocycles. The lowest BCUT2D eigenvalue weighted by atomic mass is 10.0. The molecule has 0 unspecified atom stereocenters. The van der Waals surface area contributed by atoms with Crippen LogP contribution in [0.1, 0.15) is 29.2 Å². The van der Waals surface area contributed by atoms with Crippen molar-refractivity contribution in [1.82, 2.24) is 0 Å². The third-order valence-electron chi connectivity index (χ3n) is 4.15. The Kier molecular flexibility index (Phi) is 6.23. The number of hydrogen-bond donors (Lipinski definition) is 3. The number of benzene rings is 2. The number of hydrogen-bond acceptors (Lipinski definition) is 3. The van der Waals surface area contributed by atoms with Crippen molar-refractivity contribution in [2.24, 2.45) is 0 Å². The van der Waals surface area contributed by atoms with Crippen molar-refractivity contribution in [2.75, 3.05) is 7.05 Å². The molecule has 0 heterocycles. The number of halogens is 1. The number of quaternary nitrogens is 1. The van der Waals surface area contributed by atoms with E-state index in [1.807, 2.05) is 64.2 Å². The molecule has 0 aliphatic rings. The van der Waals surface area contributed by atoms with Gasteiger partial charge in [-0.05, 0) is 61.7 Å². The summed E-state index contributed by atoms with van der Waals surface area (Å²) in [6.45, 7) is 5.93. The maximum absolute atomic E-state index is 10.1. The number of nitrogens with two attached hydrogens (primary N) is 1. The van der Waals surface area contributed by atoms with Crippen LogP contribution < -0.4 is 10.1 Å². The van der Waals surface area contributed by atoms with Crippen LogP contribution in [-0.4, -0.2) is 17.9 Å². The van der Waals surface area contributed by atoms with E-state index in [4.69, 9.17) is 21.7 Å². The highest BCUT2D eigenvalue weighted by atomic mass is 35.5. The lowest BCUT2D eigenvalue weighted by Crippen LogP contribution is -2.76. The number of aromatic hydroxyl groups is 1. The molecule has 5 heteroatoms. The van der Waals surface area contributed by atoms with Gasteiger partial charge in [-0.2, -0.15) is 0 Å². The monoisotopic (exact) mass is 359 g/mol. The molecule has 4 N–H and O–H groups in total. The zero-order chi connectivity index (χ0) is 18.6. The Morgan fingerprint density at radius 1 is 1.20 bits per heavy atom. The molecule has 0 radical (unpaired) electrons. The van der Waals surface area contributed by atoms with Gasteiger partial charge in [-0.1, -0.05) is 18.2 Å². The Morgan fingerprint density at radius 2 is 1.92 bits per heavy atom. The van der Waals surface area contributed by atoms with Gasteiger partial charge in [-0.25, -0.2) is 0 Å². The number of ether oxygens (including phenoxy) is 1. The van der Waals surface area contributed by atoms with Crippen LogP contribution in [0.3, 0.4) is 0 Å². The fraction of sp³-hybridized carbons (Fsp3) is 0.250. The van der Waals surface area contributed by atoms with E-state index in [9.17, 15) is 5.11 Å². The molecule has 0 spiro atoms. The summed E-state index contributed by atoms with van der Waals surface area (Å²) in [4.78, 5) is 0. The third-order valence-corrected chi connectivity index (χ3v) is 4.66. The Hall–Kier alpha value is -2.30. The second kappa shape index (κ2) is 8.19. The van der Waals surface area contributed by atoms with Crippen LogP contribution in [-0.2, 0) is 6.61 Å². The van der Waals surface area contributed by atoms with Crippen LogP contribution in [0.5, 0.6) is 11.5 Å². The summed E-state index contributed by atoms with van der Waals surface area (Å²) in [5.74, 6) is 0.997. The normalized spacial score (nSPS) is 11.9. The van der Waals surface area contributed by atoms with Crippen LogP contribution in [0.4, 0.5) is 0 Å². The summed E-state index contributed by atoms with van der Waals surface area (Å²) < 4.78 is 5.85. The molecule has 132 valence electrons. The molecular weight excluding hydrogens is 336 g/mol. The van der Waals surface area contributed by atoms with Crippen molar-refractivity contribution in [3.8, 4) is 11.5 Å². The number of nitrogens with one attached hydrogen (secondary N) is 1. The van der Waals surface area contributed by atoms with Gasteiger partial charge in [0.05, 0.1) is 12.8 Å². The van der Waals surface area contributed by atoms with Crippen molar-refractivity contribution < 1.29 is 15.2 Å². The maximum atomic E-state index is 10.1. The molecule has 4 nitrogen and oxygen atoms in total. The van der Waals surface area contributed by atoms with E-state index in [2.05, 4.69) is 0 Å². The SMILES string of the molecule is C[NH2+]C(Cl)=C(C)C(=N)c1ccc(OCc2cccc(C)c2O)c(C)c1. The molecule has 2 rings (SSSR count). The van der Waals surface area contributed by atoms with Gasteiger partial charge in [-0.15, -0.1) is 0 Å². The first kappa shape index (κ1) is 19.0. The van der Waals surface area contributed by atoms with E-state index in [0.717, 1.165) is 33.6 Å². The molecule has 0 fully saturated rings. The van der Waals surface area contributed by atoms with Gasteiger partial charge in [0, 0.05) is 16.7 Å². The van der Waals surface area contributed by atoms with Crippen molar-refractivity contribution in [1.29, 1.82) is 5.41 Å². The molecule has 0 aromatic heterocycles. The number of phenols is 1. The van der Waals surface area contributed by atoms with E-state index in [-0.39, 0.29) is 5.75 Å². The first-order chi connectivity index (χ1) is 11.8. The lowest BCUT2D eigenvalue weighted by molar-refractivity contribution is -0.565. The number of phenolic OH excluding ortho intramolecular Hbond substituents is 1. The first-order valence-corrected chi connectivity index (χ1v) is 8.48. The Morgan fingerprint density at radius 3 is 2.56 bits per heavy atom. The quantitative estimate of drug-likeness (QED) is 0.544. The second-order valence-electron chi connectivity index (χ2n) is 5.99. The number of aryl methyl sites for hydroxylation is 2.